The van der Waals surface area contributed by atoms with E-state index in [1.807, 2.05) is 53.2 Å². The Labute approximate surface area is 254 Å². The molecule has 1 N–H and O–H groups in total. The molecule has 1 aliphatic heterocycles. The third-order valence-electron chi connectivity index (χ3n) is 7.30. The number of aromatic nitrogens is 3. The number of nitrogens with one attached hydrogen (secondary N) is 1. The van der Waals surface area contributed by atoms with Gasteiger partial charge in [-0.05, 0) is 73.7 Å². The molecule has 3 heterocycles. The summed E-state index contributed by atoms with van der Waals surface area (Å²) in [6.45, 7) is 17.6. The average Bonchev–Trinajstić information content (AvgIpc) is 3.64. The first-order valence-electron chi connectivity index (χ1n) is 15.7. The zero-order valence-electron chi connectivity index (χ0n) is 27.5. The molecule has 0 saturated carbocycles. The summed E-state index contributed by atoms with van der Waals surface area (Å²) in [6.07, 6.45) is 9.12. The van der Waals surface area contributed by atoms with Crippen LogP contribution in [0.1, 0.15) is 104 Å². The van der Waals surface area contributed by atoms with Crippen molar-refractivity contribution in [3.63, 3.8) is 0 Å². The Morgan fingerprint density at radius 1 is 1.07 bits per heavy atom. The van der Waals surface area contributed by atoms with Crippen LogP contribution in [0.5, 0.6) is 0 Å². The molecule has 6 nitrogen and oxygen atoms in total. The van der Waals surface area contributed by atoms with E-state index in [9.17, 15) is 9.18 Å². The molecule has 0 radical (unpaired) electrons. The lowest BCUT2D eigenvalue weighted by Gasteiger charge is -2.33. The first-order chi connectivity index (χ1) is 20.3. The Balaban J connectivity index is 0.000000935. The molecule has 42 heavy (non-hydrogen) atoms. The van der Waals surface area contributed by atoms with Gasteiger partial charge < -0.3 is 14.8 Å². The maximum Gasteiger partial charge on any atom is 0.253 e. The number of nitrogens with zero attached hydrogens (tertiary/aromatic N) is 4. The van der Waals surface area contributed by atoms with Gasteiger partial charge in [-0.2, -0.15) is 5.10 Å². The second-order valence-corrected chi connectivity index (χ2v) is 9.95. The van der Waals surface area contributed by atoms with Crippen LogP contribution >= 0.6 is 0 Å². The minimum Gasteiger partial charge on any atom is -0.355 e. The summed E-state index contributed by atoms with van der Waals surface area (Å²) in [6, 6.07) is 10.4. The molecule has 1 unspecified atom stereocenters. The predicted octanol–water partition coefficient (Wildman–Crippen LogP) is 9.64. The molecule has 4 aromatic rings. The van der Waals surface area contributed by atoms with Gasteiger partial charge in [-0.15, -0.1) is 0 Å². The Bertz CT molecular complexity index is 1420. The second kappa shape index (κ2) is 16.7. The maximum atomic E-state index is 14.8. The number of unbranched alkanes of at least 4 members (excludes halogenated alkanes) is 1. The average molecular weight is 580 g/mol. The van der Waals surface area contributed by atoms with Crippen molar-refractivity contribution in [3.8, 4) is 11.1 Å². The summed E-state index contributed by atoms with van der Waals surface area (Å²) in [4.78, 5) is 14.8. The topological polar surface area (TPSA) is 55.1 Å². The third-order valence-corrected chi connectivity index (χ3v) is 7.30. The predicted molar refractivity (Wildman–Crippen MR) is 180 cm³/mol. The molecule has 0 bridgehead atoms. The standard InChI is InChI=1S/C27H30FN5O.C4H10.2C2H6.H2/c1-5-32-16-24(27(34)29-3)23-12-20(8-9-25(23)32)33-10-6-7-18-11-22(19-14-30-31(4)15-19)21(17(2)28)13-26(18)33;1-3-4-2;2*1-2;/h8-9,11-17H,5-7,10H2,1-4H3,(H,29,34);3-4H2,1-2H3;2*1-2H3;1H. The van der Waals surface area contributed by atoms with E-state index in [1.165, 1.54) is 18.4 Å². The van der Waals surface area contributed by atoms with Crippen LogP contribution in [0.4, 0.5) is 15.8 Å². The van der Waals surface area contributed by atoms with Crippen LogP contribution in [0.3, 0.4) is 0 Å². The van der Waals surface area contributed by atoms with Crippen LogP contribution in [0.25, 0.3) is 22.0 Å². The quantitative estimate of drug-likeness (QED) is 0.247. The number of carbonyl (C=O) groups excluding carboxylic acids is 1. The fraction of sp³-hybridized carbons (Fsp3) is 0.486. The number of rotatable bonds is 6. The molecular weight excluding hydrogens is 525 g/mol. The van der Waals surface area contributed by atoms with Crippen LogP contribution in [-0.2, 0) is 20.0 Å². The summed E-state index contributed by atoms with van der Waals surface area (Å²) < 4.78 is 18.7. The summed E-state index contributed by atoms with van der Waals surface area (Å²) >= 11 is 0. The fourth-order valence-corrected chi connectivity index (χ4v) is 5.09. The molecule has 0 aliphatic carbocycles. The van der Waals surface area contributed by atoms with Crippen molar-refractivity contribution in [2.45, 2.75) is 93.8 Å². The molecule has 1 atom stereocenters. The molecule has 2 aromatic carbocycles. The van der Waals surface area contributed by atoms with Gasteiger partial charge in [0.2, 0.25) is 0 Å². The van der Waals surface area contributed by atoms with Gasteiger partial charge in [0.1, 0.15) is 6.17 Å². The lowest BCUT2D eigenvalue weighted by molar-refractivity contribution is 0.0964. The number of carbonyl (C=O) groups is 1. The largest absolute Gasteiger partial charge is 0.355 e. The van der Waals surface area contributed by atoms with E-state index in [0.29, 0.717) is 11.1 Å². The van der Waals surface area contributed by atoms with Crippen molar-refractivity contribution < 1.29 is 10.6 Å². The van der Waals surface area contributed by atoms with Crippen LogP contribution < -0.4 is 10.2 Å². The molecule has 1 aliphatic rings. The zero-order valence-corrected chi connectivity index (χ0v) is 27.5. The number of hydrogen-bond acceptors (Lipinski definition) is 3. The van der Waals surface area contributed by atoms with Gasteiger partial charge in [0.05, 0.1) is 11.8 Å². The van der Waals surface area contributed by atoms with Crippen LogP contribution in [0, 0.1) is 0 Å². The van der Waals surface area contributed by atoms with Crippen molar-refractivity contribution in [1.82, 2.24) is 19.7 Å². The van der Waals surface area contributed by atoms with Gasteiger partial charge in [-0.25, -0.2) is 4.39 Å². The van der Waals surface area contributed by atoms with Crippen LogP contribution in [0.2, 0.25) is 0 Å². The summed E-state index contributed by atoms with van der Waals surface area (Å²) in [5.74, 6) is -0.0944. The lowest BCUT2D eigenvalue weighted by Crippen LogP contribution is -2.25. The molecule has 0 spiro atoms. The molecule has 0 fully saturated rings. The maximum absolute atomic E-state index is 14.8. The highest BCUT2D eigenvalue weighted by atomic mass is 19.1. The number of amides is 1. The van der Waals surface area contributed by atoms with Gasteiger partial charge in [-0.3, -0.25) is 9.48 Å². The van der Waals surface area contributed by atoms with E-state index in [4.69, 9.17) is 0 Å². The van der Waals surface area contributed by atoms with E-state index in [2.05, 4.69) is 64.9 Å². The smallest absolute Gasteiger partial charge is 0.253 e. The van der Waals surface area contributed by atoms with Gasteiger partial charge >= 0.3 is 0 Å². The van der Waals surface area contributed by atoms with Gasteiger partial charge in [0.25, 0.3) is 5.91 Å². The van der Waals surface area contributed by atoms with E-state index in [1.54, 1.807) is 24.9 Å². The van der Waals surface area contributed by atoms with E-state index < -0.39 is 6.17 Å². The highest BCUT2D eigenvalue weighted by Gasteiger charge is 2.24. The van der Waals surface area contributed by atoms with Gasteiger partial charge in [0, 0.05) is 68.8 Å². The Kier molecular flexibility index (Phi) is 13.8. The monoisotopic (exact) mass is 579 g/mol. The number of fused-ring (bicyclic) bond motifs is 2. The molecule has 1 amide bonds. The van der Waals surface area contributed by atoms with E-state index in [-0.39, 0.29) is 7.33 Å². The van der Waals surface area contributed by atoms with Crippen LogP contribution in [0.15, 0.2) is 48.9 Å². The molecule has 0 saturated heterocycles. The molecular formula is C35H54FN5O. The highest BCUT2D eigenvalue weighted by molar-refractivity contribution is 6.07. The normalized spacial score (nSPS) is 12.6. The number of alkyl halides is 1. The molecule has 2 aromatic heterocycles. The van der Waals surface area contributed by atoms with Crippen molar-refractivity contribution in [2.24, 2.45) is 7.05 Å². The minimum atomic E-state index is -1.11. The van der Waals surface area contributed by atoms with Crippen molar-refractivity contribution >= 4 is 28.2 Å². The van der Waals surface area contributed by atoms with Crippen LogP contribution in [-0.4, -0.2) is 33.8 Å². The van der Waals surface area contributed by atoms with Crippen molar-refractivity contribution in [1.29, 1.82) is 0 Å². The van der Waals surface area contributed by atoms with Gasteiger partial charge in [0.15, 0.2) is 0 Å². The van der Waals surface area contributed by atoms with E-state index >= 15 is 0 Å². The van der Waals surface area contributed by atoms with E-state index in [0.717, 1.165) is 59.3 Å². The summed E-state index contributed by atoms with van der Waals surface area (Å²) in [5, 5.41) is 7.97. The first-order valence-corrected chi connectivity index (χ1v) is 15.7. The summed E-state index contributed by atoms with van der Waals surface area (Å²) in [7, 11) is 3.53. The molecule has 232 valence electrons. The zero-order chi connectivity index (χ0) is 31.4. The Morgan fingerprint density at radius 2 is 1.76 bits per heavy atom. The second-order valence-electron chi connectivity index (χ2n) is 9.95. The van der Waals surface area contributed by atoms with Gasteiger partial charge in [-0.1, -0.05) is 54.4 Å². The number of hydrogen-bond donors (Lipinski definition) is 1. The van der Waals surface area contributed by atoms with Crippen molar-refractivity contribution in [3.05, 3.63) is 65.6 Å². The molecule has 7 heteroatoms. The number of aryl methyl sites for hydroxylation is 3. The van der Waals surface area contributed by atoms with Crippen molar-refractivity contribution in [2.75, 3.05) is 18.5 Å². The number of anilines is 2. The number of halogens is 1. The summed E-state index contributed by atoms with van der Waals surface area (Å²) in [5.41, 5.74) is 7.46. The Hall–Kier alpha value is -3.61. The minimum absolute atomic E-state index is 0. The molecule has 5 rings (SSSR count). The highest BCUT2D eigenvalue weighted by Crippen LogP contribution is 2.41. The Morgan fingerprint density at radius 3 is 2.31 bits per heavy atom. The SMILES string of the molecule is CC.CC.CCCC.CCn1cc(C(=O)NC)c2cc(N3CCCc4cc(-c5cnn(C)c5)c(C(C)F)cc43)ccc21.[HH]. The fourth-order valence-electron chi connectivity index (χ4n) is 5.09. The first kappa shape index (κ1) is 34.6. The third kappa shape index (κ3) is 7.61. The number of benzene rings is 2. The lowest BCUT2D eigenvalue weighted by atomic mass is 9.91.